The highest BCUT2D eigenvalue weighted by molar-refractivity contribution is 5.79. The number of amides is 1. The molecule has 4 heteroatoms. The van der Waals surface area contributed by atoms with Gasteiger partial charge in [0.05, 0.1) is 6.61 Å². The van der Waals surface area contributed by atoms with Crippen molar-refractivity contribution in [1.82, 2.24) is 10.2 Å². The maximum absolute atomic E-state index is 12.4. The molecule has 1 aromatic carbocycles. The summed E-state index contributed by atoms with van der Waals surface area (Å²) in [5.41, 5.74) is 3.00. The van der Waals surface area contributed by atoms with Gasteiger partial charge in [-0.3, -0.25) is 4.79 Å². The fourth-order valence-electron chi connectivity index (χ4n) is 5.43. The summed E-state index contributed by atoms with van der Waals surface area (Å²) in [6, 6.07) is 9.80. The highest BCUT2D eigenvalue weighted by Crippen LogP contribution is 2.45. The zero-order valence-corrected chi connectivity index (χ0v) is 15.4. The van der Waals surface area contributed by atoms with E-state index in [4.69, 9.17) is 4.74 Å². The zero-order chi connectivity index (χ0) is 17.4. The molecule has 3 aliphatic rings. The molecule has 1 saturated heterocycles. The van der Waals surface area contributed by atoms with Gasteiger partial charge in [0.25, 0.3) is 0 Å². The largest absolute Gasteiger partial charge is 0.383 e. The van der Waals surface area contributed by atoms with Gasteiger partial charge in [-0.05, 0) is 54.7 Å². The van der Waals surface area contributed by atoms with E-state index < -0.39 is 0 Å². The van der Waals surface area contributed by atoms with Gasteiger partial charge in [0.1, 0.15) is 0 Å². The number of likely N-dealkylation sites (tertiary alicyclic amines) is 1. The molecule has 0 spiro atoms. The summed E-state index contributed by atoms with van der Waals surface area (Å²) in [6.07, 6.45) is 4.17. The minimum atomic E-state index is 0.331. The third-order valence-corrected chi connectivity index (χ3v) is 6.75. The third-order valence-electron chi connectivity index (χ3n) is 6.75. The van der Waals surface area contributed by atoms with Crippen LogP contribution < -0.4 is 5.32 Å². The number of hydrogen-bond acceptors (Lipinski definition) is 3. The predicted molar refractivity (Wildman–Crippen MR) is 98.4 cm³/mol. The lowest BCUT2D eigenvalue weighted by Gasteiger charge is -2.25. The smallest absolute Gasteiger partial charge is 0.223 e. The standard InChI is InChI=1S/C21H30N2O2/c1-14-9-20-18(12-21(24)23(20)7-8-25-2)19(14)13-22-17-10-15-5-3-4-6-16(15)11-17/h3-6,14,17-20,22H,7-13H2,1-2H3/t14-,18-,19+,20+/m0/s1. The molecule has 0 radical (unpaired) electrons. The number of benzene rings is 1. The summed E-state index contributed by atoms with van der Waals surface area (Å²) in [7, 11) is 1.71. The fraction of sp³-hybridized carbons (Fsp3) is 0.667. The Bertz CT molecular complexity index is 607. The van der Waals surface area contributed by atoms with Gasteiger partial charge in [0.2, 0.25) is 5.91 Å². The molecular formula is C21H30N2O2. The quantitative estimate of drug-likeness (QED) is 0.862. The Kier molecular flexibility index (Phi) is 4.83. The number of fused-ring (bicyclic) bond motifs is 2. The Morgan fingerprint density at radius 1 is 1.20 bits per heavy atom. The van der Waals surface area contributed by atoms with Crippen LogP contribution in [0.25, 0.3) is 0 Å². The van der Waals surface area contributed by atoms with Crippen molar-refractivity contribution in [2.45, 2.75) is 44.7 Å². The van der Waals surface area contributed by atoms with Crippen molar-refractivity contribution in [3.8, 4) is 0 Å². The molecule has 1 N–H and O–H groups in total. The number of nitrogens with one attached hydrogen (secondary N) is 1. The van der Waals surface area contributed by atoms with Gasteiger partial charge in [-0.25, -0.2) is 0 Å². The molecular weight excluding hydrogens is 312 g/mol. The minimum absolute atomic E-state index is 0.331. The second-order valence-corrected chi connectivity index (χ2v) is 8.17. The van der Waals surface area contributed by atoms with Gasteiger partial charge in [-0.1, -0.05) is 31.2 Å². The minimum Gasteiger partial charge on any atom is -0.383 e. The summed E-state index contributed by atoms with van der Waals surface area (Å²) >= 11 is 0. The Morgan fingerprint density at radius 3 is 2.60 bits per heavy atom. The van der Waals surface area contributed by atoms with Gasteiger partial charge < -0.3 is 15.0 Å². The van der Waals surface area contributed by atoms with E-state index in [1.54, 1.807) is 7.11 Å². The summed E-state index contributed by atoms with van der Waals surface area (Å²) in [5, 5.41) is 3.83. The summed E-state index contributed by atoms with van der Waals surface area (Å²) in [5.74, 6) is 2.16. The Labute approximate surface area is 150 Å². The first-order valence-electron chi connectivity index (χ1n) is 9.76. The monoisotopic (exact) mass is 342 g/mol. The van der Waals surface area contributed by atoms with Crippen molar-refractivity contribution in [3.05, 3.63) is 35.4 Å². The number of carbonyl (C=O) groups excluding carboxylic acids is 1. The maximum atomic E-state index is 12.4. The molecule has 4 atom stereocenters. The van der Waals surface area contributed by atoms with Crippen LogP contribution in [0.2, 0.25) is 0 Å². The van der Waals surface area contributed by atoms with Crippen molar-refractivity contribution in [2.24, 2.45) is 17.8 Å². The number of ether oxygens (including phenoxy) is 1. The van der Waals surface area contributed by atoms with Crippen LogP contribution in [0.3, 0.4) is 0 Å². The van der Waals surface area contributed by atoms with Crippen LogP contribution in [0.4, 0.5) is 0 Å². The van der Waals surface area contributed by atoms with Crippen molar-refractivity contribution in [1.29, 1.82) is 0 Å². The Morgan fingerprint density at radius 2 is 1.92 bits per heavy atom. The molecule has 1 aromatic rings. The van der Waals surface area contributed by atoms with Gasteiger partial charge in [0.15, 0.2) is 0 Å². The van der Waals surface area contributed by atoms with Crippen molar-refractivity contribution in [3.63, 3.8) is 0 Å². The third kappa shape index (κ3) is 3.22. The van der Waals surface area contributed by atoms with Crippen molar-refractivity contribution in [2.75, 3.05) is 26.8 Å². The van der Waals surface area contributed by atoms with Crippen LogP contribution >= 0.6 is 0 Å². The van der Waals surface area contributed by atoms with Crippen LogP contribution in [0.1, 0.15) is 30.9 Å². The van der Waals surface area contributed by atoms with E-state index in [1.165, 1.54) is 11.1 Å². The maximum Gasteiger partial charge on any atom is 0.223 e. The summed E-state index contributed by atoms with van der Waals surface area (Å²) in [6.45, 7) is 4.81. The first kappa shape index (κ1) is 17.0. The number of nitrogens with zero attached hydrogens (tertiary/aromatic N) is 1. The van der Waals surface area contributed by atoms with E-state index >= 15 is 0 Å². The van der Waals surface area contributed by atoms with Gasteiger partial charge >= 0.3 is 0 Å². The normalized spacial score (nSPS) is 31.6. The molecule has 2 aliphatic carbocycles. The van der Waals surface area contributed by atoms with E-state index in [9.17, 15) is 4.79 Å². The van der Waals surface area contributed by atoms with Crippen molar-refractivity contribution < 1.29 is 9.53 Å². The first-order valence-corrected chi connectivity index (χ1v) is 9.76. The average molecular weight is 342 g/mol. The molecule has 2 fully saturated rings. The molecule has 4 rings (SSSR count). The van der Waals surface area contributed by atoms with Crippen LogP contribution in [0.5, 0.6) is 0 Å². The van der Waals surface area contributed by atoms with Crippen LogP contribution in [0, 0.1) is 17.8 Å². The molecule has 0 aromatic heterocycles. The SMILES string of the molecule is COCCN1C(=O)C[C@H]2[C@H](CNC3Cc4ccccc4C3)[C@@H](C)C[C@H]21. The Balaban J connectivity index is 1.35. The lowest BCUT2D eigenvalue weighted by Crippen LogP contribution is -2.38. The van der Waals surface area contributed by atoms with Gasteiger partial charge in [0, 0.05) is 32.2 Å². The molecule has 25 heavy (non-hydrogen) atoms. The lowest BCUT2D eigenvalue weighted by atomic mass is 9.88. The first-order chi connectivity index (χ1) is 12.2. The van der Waals surface area contributed by atoms with Crippen LogP contribution in [-0.2, 0) is 22.4 Å². The van der Waals surface area contributed by atoms with E-state index in [1.807, 2.05) is 0 Å². The summed E-state index contributed by atoms with van der Waals surface area (Å²) in [4.78, 5) is 14.5. The van der Waals surface area contributed by atoms with E-state index in [0.29, 0.717) is 42.4 Å². The molecule has 1 aliphatic heterocycles. The second kappa shape index (κ2) is 7.08. The highest BCUT2D eigenvalue weighted by atomic mass is 16.5. The lowest BCUT2D eigenvalue weighted by molar-refractivity contribution is -0.129. The zero-order valence-electron chi connectivity index (χ0n) is 15.4. The van der Waals surface area contributed by atoms with Gasteiger partial charge in [-0.2, -0.15) is 0 Å². The molecule has 136 valence electrons. The Hall–Kier alpha value is -1.39. The van der Waals surface area contributed by atoms with Crippen molar-refractivity contribution >= 4 is 5.91 Å². The van der Waals surface area contributed by atoms with E-state index in [-0.39, 0.29) is 0 Å². The van der Waals surface area contributed by atoms with Crippen LogP contribution in [0.15, 0.2) is 24.3 Å². The molecule has 1 heterocycles. The predicted octanol–water partition coefficient (Wildman–Crippen LogP) is 2.26. The molecule has 4 nitrogen and oxygen atoms in total. The van der Waals surface area contributed by atoms with Crippen LogP contribution in [-0.4, -0.2) is 49.7 Å². The topological polar surface area (TPSA) is 41.6 Å². The molecule has 1 saturated carbocycles. The fourth-order valence-corrected chi connectivity index (χ4v) is 5.43. The number of hydrogen-bond donors (Lipinski definition) is 1. The van der Waals surface area contributed by atoms with E-state index in [0.717, 1.165) is 38.8 Å². The number of carbonyl (C=O) groups is 1. The molecule has 0 bridgehead atoms. The summed E-state index contributed by atoms with van der Waals surface area (Å²) < 4.78 is 5.19. The highest BCUT2D eigenvalue weighted by Gasteiger charge is 2.50. The molecule has 0 unspecified atom stereocenters. The molecule has 1 amide bonds. The second-order valence-electron chi connectivity index (χ2n) is 8.17. The van der Waals surface area contributed by atoms with E-state index in [2.05, 4.69) is 41.4 Å². The average Bonchev–Trinajstić information content (AvgIpc) is 3.23. The number of methoxy groups -OCH3 is 1. The number of rotatable bonds is 6. The van der Waals surface area contributed by atoms with Gasteiger partial charge in [-0.15, -0.1) is 0 Å².